The molecule has 6 nitrogen and oxygen atoms in total. The van der Waals surface area contributed by atoms with Crippen LogP contribution in [0.25, 0.3) is 0 Å². The molecule has 2 atom stereocenters. The highest BCUT2D eigenvalue weighted by molar-refractivity contribution is 5.92. The molecule has 1 amide bonds. The SMILES string of the molecule is O=C(c1cn[nH]n1)N1CCOC2CCCC21. The standard InChI is InChI=1S/C10H14N4O2/c15-10(7-6-11-13-12-7)14-4-5-16-9-3-1-2-8(9)14/h6,8-9H,1-5H2,(H,11,12,13). The van der Waals surface area contributed by atoms with Crippen LogP contribution in [0.3, 0.4) is 0 Å². The van der Waals surface area contributed by atoms with Crippen molar-refractivity contribution in [1.82, 2.24) is 20.3 Å². The number of morpholine rings is 1. The summed E-state index contributed by atoms with van der Waals surface area (Å²) in [5.41, 5.74) is 0.396. The fourth-order valence-electron chi connectivity index (χ4n) is 2.63. The molecule has 0 bridgehead atoms. The Bertz CT molecular complexity index is 378. The molecule has 86 valence electrons. The van der Waals surface area contributed by atoms with E-state index in [2.05, 4.69) is 15.4 Å². The third-order valence-electron chi connectivity index (χ3n) is 3.38. The van der Waals surface area contributed by atoms with E-state index in [4.69, 9.17) is 4.74 Å². The van der Waals surface area contributed by atoms with Crippen LogP contribution in [0.4, 0.5) is 0 Å². The van der Waals surface area contributed by atoms with E-state index in [1.165, 1.54) is 6.20 Å². The first-order valence-corrected chi connectivity index (χ1v) is 5.64. The first kappa shape index (κ1) is 9.77. The van der Waals surface area contributed by atoms with Crippen LogP contribution in [-0.4, -0.2) is 51.5 Å². The maximum Gasteiger partial charge on any atom is 0.276 e. The average Bonchev–Trinajstić information content (AvgIpc) is 2.98. The number of carbonyl (C=O) groups is 1. The van der Waals surface area contributed by atoms with Crippen LogP contribution >= 0.6 is 0 Å². The van der Waals surface area contributed by atoms with E-state index in [0.29, 0.717) is 18.8 Å². The van der Waals surface area contributed by atoms with Gasteiger partial charge in [-0.3, -0.25) is 4.79 Å². The molecule has 3 rings (SSSR count). The average molecular weight is 222 g/mol. The van der Waals surface area contributed by atoms with Gasteiger partial charge in [-0.1, -0.05) is 0 Å². The van der Waals surface area contributed by atoms with Crippen LogP contribution in [0.5, 0.6) is 0 Å². The van der Waals surface area contributed by atoms with E-state index in [-0.39, 0.29) is 18.1 Å². The topological polar surface area (TPSA) is 71.1 Å². The second kappa shape index (κ2) is 3.86. The maximum absolute atomic E-state index is 12.2. The molecule has 1 aromatic heterocycles. The molecule has 6 heteroatoms. The lowest BCUT2D eigenvalue weighted by molar-refractivity contribution is -0.0447. The van der Waals surface area contributed by atoms with Crippen molar-refractivity contribution < 1.29 is 9.53 Å². The third kappa shape index (κ3) is 1.49. The van der Waals surface area contributed by atoms with Crippen molar-refractivity contribution in [3.05, 3.63) is 11.9 Å². The second-order valence-corrected chi connectivity index (χ2v) is 4.26. The van der Waals surface area contributed by atoms with Crippen molar-refractivity contribution in [2.24, 2.45) is 0 Å². The van der Waals surface area contributed by atoms with Gasteiger partial charge < -0.3 is 9.64 Å². The molecule has 2 heterocycles. The molecule has 0 radical (unpaired) electrons. The Labute approximate surface area is 93.0 Å². The van der Waals surface area contributed by atoms with Gasteiger partial charge in [0.2, 0.25) is 0 Å². The minimum Gasteiger partial charge on any atom is -0.374 e. The highest BCUT2D eigenvalue weighted by Gasteiger charge is 2.39. The van der Waals surface area contributed by atoms with Crippen LogP contribution in [0.15, 0.2) is 6.20 Å². The van der Waals surface area contributed by atoms with Gasteiger partial charge in [-0.15, -0.1) is 0 Å². The molecular formula is C10H14N4O2. The Morgan fingerprint density at radius 3 is 3.31 bits per heavy atom. The summed E-state index contributed by atoms with van der Waals surface area (Å²) >= 11 is 0. The highest BCUT2D eigenvalue weighted by atomic mass is 16.5. The van der Waals surface area contributed by atoms with Gasteiger partial charge in [0.1, 0.15) is 0 Å². The van der Waals surface area contributed by atoms with E-state index < -0.39 is 0 Å². The lowest BCUT2D eigenvalue weighted by Gasteiger charge is -2.37. The van der Waals surface area contributed by atoms with Crippen molar-refractivity contribution >= 4 is 5.91 Å². The molecular weight excluding hydrogens is 208 g/mol. The molecule has 1 aromatic rings. The largest absolute Gasteiger partial charge is 0.374 e. The minimum absolute atomic E-state index is 0.0334. The van der Waals surface area contributed by atoms with Gasteiger partial charge in [-0.2, -0.15) is 15.4 Å². The lowest BCUT2D eigenvalue weighted by Crippen LogP contribution is -2.51. The molecule has 0 spiro atoms. The molecule has 16 heavy (non-hydrogen) atoms. The number of hydrogen-bond donors (Lipinski definition) is 1. The lowest BCUT2D eigenvalue weighted by atomic mass is 10.1. The second-order valence-electron chi connectivity index (χ2n) is 4.26. The predicted molar refractivity (Wildman–Crippen MR) is 54.8 cm³/mol. The Hall–Kier alpha value is -1.43. The number of nitrogens with one attached hydrogen (secondary N) is 1. The zero-order chi connectivity index (χ0) is 11.0. The van der Waals surface area contributed by atoms with Crippen LogP contribution in [0, 0.1) is 0 Å². The molecule has 1 aliphatic carbocycles. The number of rotatable bonds is 1. The van der Waals surface area contributed by atoms with Crippen molar-refractivity contribution in [3.8, 4) is 0 Å². The Morgan fingerprint density at radius 2 is 2.50 bits per heavy atom. The summed E-state index contributed by atoms with van der Waals surface area (Å²) in [5.74, 6) is -0.0334. The molecule has 2 fully saturated rings. The maximum atomic E-state index is 12.2. The van der Waals surface area contributed by atoms with Crippen molar-refractivity contribution in [2.45, 2.75) is 31.4 Å². The number of amides is 1. The zero-order valence-electron chi connectivity index (χ0n) is 8.93. The van der Waals surface area contributed by atoms with E-state index >= 15 is 0 Å². The molecule has 1 N–H and O–H groups in total. The predicted octanol–water partition coefficient (Wildman–Crippen LogP) is 0.198. The van der Waals surface area contributed by atoms with E-state index in [0.717, 1.165) is 19.3 Å². The number of H-pyrrole nitrogens is 1. The molecule has 2 unspecified atom stereocenters. The van der Waals surface area contributed by atoms with Gasteiger partial charge in [-0.25, -0.2) is 0 Å². The zero-order valence-corrected chi connectivity index (χ0v) is 8.93. The van der Waals surface area contributed by atoms with Gasteiger partial charge in [0.05, 0.1) is 24.9 Å². The molecule has 1 aliphatic heterocycles. The minimum atomic E-state index is -0.0334. The number of aromatic nitrogens is 3. The summed E-state index contributed by atoms with van der Waals surface area (Å²) in [6.07, 6.45) is 4.94. The summed E-state index contributed by atoms with van der Waals surface area (Å²) in [6, 6.07) is 0.234. The molecule has 1 saturated heterocycles. The highest BCUT2D eigenvalue weighted by Crippen LogP contribution is 2.30. The van der Waals surface area contributed by atoms with Crippen LogP contribution < -0.4 is 0 Å². The summed E-state index contributed by atoms with van der Waals surface area (Å²) in [6.45, 7) is 1.29. The summed E-state index contributed by atoms with van der Waals surface area (Å²) in [5, 5.41) is 9.98. The fraction of sp³-hybridized carbons (Fsp3) is 0.700. The van der Waals surface area contributed by atoms with Gasteiger partial charge in [0.25, 0.3) is 5.91 Å². The number of ether oxygens (including phenoxy) is 1. The van der Waals surface area contributed by atoms with Crippen LogP contribution in [-0.2, 0) is 4.74 Å². The number of nitrogens with zero attached hydrogens (tertiary/aromatic N) is 3. The van der Waals surface area contributed by atoms with Crippen molar-refractivity contribution in [2.75, 3.05) is 13.2 Å². The number of hydrogen-bond acceptors (Lipinski definition) is 4. The third-order valence-corrected chi connectivity index (χ3v) is 3.38. The Morgan fingerprint density at radius 1 is 1.56 bits per heavy atom. The molecule has 2 aliphatic rings. The normalized spacial score (nSPS) is 29.1. The quantitative estimate of drug-likeness (QED) is 0.736. The summed E-state index contributed by atoms with van der Waals surface area (Å²) in [7, 11) is 0. The van der Waals surface area contributed by atoms with E-state index in [9.17, 15) is 4.79 Å². The van der Waals surface area contributed by atoms with E-state index in [1.807, 2.05) is 4.90 Å². The van der Waals surface area contributed by atoms with Gasteiger partial charge in [0.15, 0.2) is 5.69 Å². The van der Waals surface area contributed by atoms with E-state index in [1.54, 1.807) is 0 Å². The Balaban J connectivity index is 1.80. The summed E-state index contributed by atoms with van der Waals surface area (Å²) < 4.78 is 5.66. The van der Waals surface area contributed by atoms with Gasteiger partial charge >= 0.3 is 0 Å². The van der Waals surface area contributed by atoms with Crippen LogP contribution in [0.1, 0.15) is 29.8 Å². The first-order chi connectivity index (χ1) is 7.86. The van der Waals surface area contributed by atoms with Crippen molar-refractivity contribution in [1.29, 1.82) is 0 Å². The number of aromatic amines is 1. The first-order valence-electron chi connectivity index (χ1n) is 5.64. The number of fused-ring (bicyclic) bond motifs is 1. The molecule has 1 saturated carbocycles. The van der Waals surface area contributed by atoms with Gasteiger partial charge in [-0.05, 0) is 19.3 Å². The molecule has 0 aromatic carbocycles. The summed E-state index contributed by atoms with van der Waals surface area (Å²) in [4.78, 5) is 14.0. The monoisotopic (exact) mass is 222 g/mol. The Kier molecular flexibility index (Phi) is 2.36. The van der Waals surface area contributed by atoms with Gasteiger partial charge in [0, 0.05) is 6.54 Å². The fourth-order valence-corrected chi connectivity index (χ4v) is 2.63. The van der Waals surface area contributed by atoms with Crippen molar-refractivity contribution in [3.63, 3.8) is 0 Å². The van der Waals surface area contributed by atoms with Crippen LogP contribution in [0.2, 0.25) is 0 Å². The number of carbonyl (C=O) groups excluding carboxylic acids is 1. The smallest absolute Gasteiger partial charge is 0.276 e.